The molecule has 0 aliphatic carbocycles. The first-order valence-electron chi connectivity index (χ1n) is 6.31. The van der Waals surface area contributed by atoms with Crippen molar-refractivity contribution in [1.82, 2.24) is 9.71 Å². The van der Waals surface area contributed by atoms with Crippen molar-refractivity contribution in [3.8, 4) is 0 Å². The number of hydrogen-bond donors (Lipinski definition) is 1. The number of alkyl halides is 3. The number of carbonyl (C=O) groups excluding carboxylic acids is 1. The Balaban J connectivity index is 2.25. The minimum absolute atomic E-state index is 0.318. The summed E-state index contributed by atoms with van der Waals surface area (Å²) in [6, 6.07) is 6.75. The van der Waals surface area contributed by atoms with Crippen LogP contribution >= 0.6 is 0 Å². The molecule has 1 N–H and O–H groups in total. The molecule has 0 radical (unpaired) electrons. The molecule has 1 amide bonds. The second-order valence-corrected chi connectivity index (χ2v) is 6.21. The molecule has 5 nitrogen and oxygen atoms in total. The van der Waals surface area contributed by atoms with Gasteiger partial charge in [0.15, 0.2) is 0 Å². The van der Waals surface area contributed by atoms with Crippen LogP contribution in [0.2, 0.25) is 0 Å². The third-order valence-electron chi connectivity index (χ3n) is 2.82. The predicted octanol–water partition coefficient (Wildman–Crippen LogP) is 2.15. The summed E-state index contributed by atoms with van der Waals surface area (Å²) in [5.41, 5.74) is -0.897. The van der Waals surface area contributed by atoms with E-state index in [0.29, 0.717) is 11.6 Å². The van der Waals surface area contributed by atoms with Gasteiger partial charge in [0.1, 0.15) is 0 Å². The molecule has 9 heteroatoms. The summed E-state index contributed by atoms with van der Waals surface area (Å²) in [4.78, 5) is 14.5. The van der Waals surface area contributed by atoms with Crippen LogP contribution in [0.5, 0.6) is 0 Å². The molecule has 23 heavy (non-hydrogen) atoms. The maximum absolute atomic E-state index is 12.9. The molecule has 0 bridgehead atoms. The summed E-state index contributed by atoms with van der Waals surface area (Å²) >= 11 is 0. The summed E-state index contributed by atoms with van der Waals surface area (Å²) in [5, 5.41) is 0. The van der Waals surface area contributed by atoms with E-state index in [9.17, 15) is 26.4 Å². The molecule has 0 spiro atoms. The first-order chi connectivity index (χ1) is 10.7. The fourth-order valence-electron chi connectivity index (χ4n) is 1.86. The van der Waals surface area contributed by atoms with Crippen molar-refractivity contribution in [2.45, 2.75) is 17.5 Å². The van der Waals surface area contributed by atoms with Gasteiger partial charge in [-0.1, -0.05) is 18.2 Å². The van der Waals surface area contributed by atoms with Crippen molar-refractivity contribution >= 4 is 15.9 Å². The second-order valence-electron chi connectivity index (χ2n) is 4.56. The van der Waals surface area contributed by atoms with E-state index >= 15 is 0 Å². The van der Waals surface area contributed by atoms with Crippen LogP contribution in [0.4, 0.5) is 13.2 Å². The summed E-state index contributed by atoms with van der Waals surface area (Å²) < 4.78 is 64.4. The van der Waals surface area contributed by atoms with Crippen LogP contribution in [0.15, 0.2) is 53.7 Å². The van der Waals surface area contributed by atoms with Gasteiger partial charge in [-0.3, -0.25) is 9.78 Å². The van der Waals surface area contributed by atoms with Crippen LogP contribution in [-0.2, 0) is 27.4 Å². The highest BCUT2D eigenvalue weighted by Gasteiger charge is 2.37. The summed E-state index contributed by atoms with van der Waals surface area (Å²) in [6.07, 6.45) is -2.34. The Morgan fingerprint density at radius 3 is 2.43 bits per heavy atom. The molecule has 0 aliphatic rings. The van der Waals surface area contributed by atoms with Gasteiger partial charge in [0.2, 0.25) is 5.91 Å². The van der Waals surface area contributed by atoms with Gasteiger partial charge in [-0.15, -0.1) is 0 Å². The zero-order valence-electron chi connectivity index (χ0n) is 11.5. The number of hydrogen-bond acceptors (Lipinski definition) is 4. The molecule has 0 fully saturated rings. The summed E-state index contributed by atoms with van der Waals surface area (Å²) in [5.74, 6) is -0.949. The van der Waals surface area contributed by atoms with E-state index in [1.807, 2.05) is 0 Å². The monoisotopic (exact) mass is 344 g/mol. The molecule has 0 saturated heterocycles. The molecule has 1 aromatic carbocycles. The van der Waals surface area contributed by atoms with Gasteiger partial charge in [0.25, 0.3) is 10.0 Å². The van der Waals surface area contributed by atoms with Gasteiger partial charge in [0.05, 0.1) is 16.9 Å². The number of nitrogens with zero attached hydrogens (tertiary/aromatic N) is 1. The molecule has 1 heterocycles. The molecule has 2 aromatic rings. The average Bonchev–Trinajstić information content (AvgIpc) is 2.46. The van der Waals surface area contributed by atoms with Crippen LogP contribution in [0.3, 0.4) is 0 Å². The fourth-order valence-corrected chi connectivity index (χ4v) is 3.08. The molecular weight excluding hydrogens is 333 g/mol. The molecular formula is C14H11F3N2O3S. The Labute approximate surface area is 130 Å². The second kappa shape index (κ2) is 6.37. The fraction of sp³-hybridized carbons (Fsp3) is 0.143. The lowest BCUT2D eigenvalue weighted by atomic mass is 10.2. The normalized spacial score (nSPS) is 12.0. The minimum atomic E-state index is -4.85. The lowest BCUT2D eigenvalue weighted by Crippen LogP contribution is -2.33. The van der Waals surface area contributed by atoms with E-state index in [2.05, 4.69) is 4.98 Å². The zero-order valence-corrected chi connectivity index (χ0v) is 12.4. The van der Waals surface area contributed by atoms with Crippen molar-refractivity contribution in [2.24, 2.45) is 0 Å². The van der Waals surface area contributed by atoms with Gasteiger partial charge in [0, 0.05) is 12.4 Å². The maximum atomic E-state index is 12.9. The first kappa shape index (κ1) is 16.9. The van der Waals surface area contributed by atoms with Crippen molar-refractivity contribution < 1.29 is 26.4 Å². The Morgan fingerprint density at radius 1 is 1.13 bits per heavy atom. The standard InChI is InChI=1S/C14H11F3N2O3S/c15-14(16,17)11-5-1-2-6-12(11)23(21,22)19-13(20)8-10-4-3-7-18-9-10/h1-7,9H,8H2,(H,19,20). The molecule has 1 aromatic heterocycles. The number of rotatable bonds is 4. The lowest BCUT2D eigenvalue weighted by Gasteiger charge is -2.13. The van der Waals surface area contributed by atoms with Gasteiger partial charge in [-0.2, -0.15) is 13.2 Å². The summed E-state index contributed by atoms with van der Waals surface area (Å²) in [7, 11) is -4.63. The van der Waals surface area contributed by atoms with Crippen molar-refractivity contribution in [2.75, 3.05) is 0 Å². The van der Waals surface area contributed by atoms with Gasteiger partial charge >= 0.3 is 6.18 Å². The van der Waals surface area contributed by atoms with E-state index < -0.39 is 32.6 Å². The van der Waals surface area contributed by atoms with E-state index in [1.54, 1.807) is 16.9 Å². The number of amides is 1. The summed E-state index contributed by atoms with van der Waals surface area (Å²) in [6.45, 7) is 0. The minimum Gasteiger partial charge on any atom is -0.274 e. The highest BCUT2D eigenvalue weighted by molar-refractivity contribution is 7.90. The third-order valence-corrected chi connectivity index (χ3v) is 4.25. The Bertz CT molecular complexity index is 806. The average molecular weight is 344 g/mol. The Hall–Kier alpha value is -2.42. The predicted molar refractivity (Wildman–Crippen MR) is 74.7 cm³/mol. The highest BCUT2D eigenvalue weighted by atomic mass is 32.2. The Kier molecular flexibility index (Phi) is 4.69. The smallest absolute Gasteiger partial charge is 0.274 e. The van der Waals surface area contributed by atoms with Crippen molar-refractivity contribution in [3.63, 3.8) is 0 Å². The van der Waals surface area contributed by atoms with Crippen LogP contribution in [0.25, 0.3) is 0 Å². The van der Waals surface area contributed by atoms with Gasteiger partial charge < -0.3 is 0 Å². The van der Waals surface area contributed by atoms with Gasteiger partial charge in [-0.25, -0.2) is 13.1 Å². The number of benzene rings is 1. The van der Waals surface area contributed by atoms with Crippen LogP contribution in [-0.4, -0.2) is 19.3 Å². The maximum Gasteiger partial charge on any atom is 0.417 e. The van der Waals surface area contributed by atoms with Crippen LogP contribution in [0.1, 0.15) is 11.1 Å². The topological polar surface area (TPSA) is 76.1 Å². The van der Waals surface area contributed by atoms with Crippen molar-refractivity contribution in [3.05, 3.63) is 59.9 Å². The largest absolute Gasteiger partial charge is 0.417 e. The number of pyridine rings is 1. The molecule has 122 valence electrons. The third kappa shape index (κ3) is 4.28. The number of halogens is 3. The quantitative estimate of drug-likeness (QED) is 0.922. The lowest BCUT2D eigenvalue weighted by molar-refractivity contribution is -0.140. The van der Waals surface area contributed by atoms with Crippen LogP contribution < -0.4 is 4.72 Å². The number of nitrogens with one attached hydrogen (secondary N) is 1. The first-order valence-corrected chi connectivity index (χ1v) is 7.79. The van der Waals surface area contributed by atoms with E-state index in [4.69, 9.17) is 0 Å². The zero-order chi connectivity index (χ0) is 17.1. The molecule has 0 saturated carbocycles. The van der Waals surface area contributed by atoms with Crippen molar-refractivity contribution in [1.29, 1.82) is 0 Å². The van der Waals surface area contributed by atoms with E-state index in [-0.39, 0.29) is 6.42 Å². The van der Waals surface area contributed by atoms with E-state index in [0.717, 1.165) is 18.2 Å². The number of carbonyl (C=O) groups is 1. The van der Waals surface area contributed by atoms with Crippen LogP contribution in [0, 0.1) is 0 Å². The number of aromatic nitrogens is 1. The number of sulfonamides is 1. The molecule has 0 atom stereocenters. The SMILES string of the molecule is O=C(Cc1cccnc1)NS(=O)(=O)c1ccccc1C(F)(F)F. The Morgan fingerprint density at radius 2 is 1.83 bits per heavy atom. The van der Waals surface area contributed by atoms with E-state index in [1.165, 1.54) is 12.4 Å². The highest BCUT2D eigenvalue weighted by Crippen LogP contribution is 2.33. The molecule has 0 aliphatic heterocycles. The van der Waals surface area contributed by atoms with Gasteiger partial charge in [-0.05, 0) is 23.8 Å². The molecule has 2 rings (SSSR count). The molecule has 0 unspecified atom stereocenters.